The zero-order valence-electron chi connectivity index (χ0n) is 15.5. The van der Waals surface area contributed by atoms with E-state index < -0.39 is 11.7 Å². The zero-order valence-corrected chi connectivity index (χ0v) is 15.5. The first-order valence-corrected chi connectivity index (χ1v) is 8.88. The lowest BCUT2D eigenvalue weighted by Gasteiger charge is -2.21. The number of aryl methyl sites for hydroxylation is 2. The summed E-state index contributed by atoms with van der Waals surface area (Å²) in [5.41, 5.74) is 4.17. The minimum Gasteiger partial charge on any atom is -0.433 e. The Morgan fingerprint density at radius 2 is 1.82 bits per heavy atom. The minimum absolute atomic E-state index is 0.247. The zero-order chi connectivity index (χ0) is 19.8. The molecular formula is C22H16F3N2O+. The summed E-state index contributed by atoms with van der Waals surface area (Å²) in [4.78, 5) is 4.46. The quantitative estimate of drug-likeness (QED) is 0.325. The highest BCUT2D eigenvalue weighted by Gasteiger charge is 2.35. The van der Waals surface area contributed by atoms with E-state index in [9.17, 15) is 13.2 Å². The molecule has 5 rings (SSSR count). The fourth-order valence-corrected chi connectivity index (χ4v) is 3.99. The van der Waals surface area contributed by atoms with Gasteiger partial charge in [0.15, 0.2) is 0 Å². The van der Waals surface area contributed by atoms with E-state index in [1.54, 1.807) is 0 Å². The van der Waals surface area contributed by atoms with Crippen LogP contribution in [0.25, 0.3) is 33.1 Å². The van der Waals surface area contributed by atoms with Crippen LogP contribution < -0.4 is 9.30 Å². The van der Waals surface area contributed by atoms with Crippen molar-refractivity contribution in [1.29, 1.82) is 0 Å². The molecule has 0 aliphatic carbocycles. The van der Waals surface area contributed by atoms with Crippen molar-refractivity contribution in [2.45, 2.75) is 20.0 Å². The van der Waals surface area contributed by atoms with Crippen molar-refractivity contribution in [3.8, 4) is 22.9 Å². The van der Waals surface area contributed by atoms with Gasteiger partial charge in [-0.3, -0.25) is 0 Å². The Kier molecular flexibility index (Phi) is 3.30. The predicted octanol–water partition coefficient (Wildman–Crippen LogP) is 5.62. The summed E-state index contributed by atoms with van der Waals surface area (Å²) in [6.45, 7) is 4.10. The Hall–Kier alpha value is -3.15. The van der Waals surface area contributed by atoms with E-state index in [2.05, 4.69) is 18.0 Å². The smallest absolute Gasteiger partial charge is 0.416 e. The first-order chi connectivity index (χ1) is 13.3. The third-order valence-corrected chi connectivity index (χ3v) is 5.51. The Labute approximate surface area is 159 Å². The van der Waals surface area contributed by atoms with Crippen LogP contribution in [0.2, 0.25) is 0 Å². The van der Waals surface area contributed by atoms with Gasteiger partial charge in [-0.05, 0) is 48.6 Å². The van der Waals surface area contributed by atoms with E-state index in [4.69, 9.17) is 4.74 Å². The van der Waals surface area contributed by atoms with Gasteiger partial charge in [0.05, 0.1) is 11.1 Å². The maximum Gasteiger partial charge on any atom is 0.416 e. The topological polar surface area (TPSA) is 26.0 Å². The minimum atomic E-state index is -4.42. The van der Waals surface area contributed by atoms with Crippen LogP contribution in [0.15, 0.2) is 42.5 Å². The second-order valence-corrected chi connectivity index (χ2v) is 7.18. The molecule has 28 heavy (non-hydrogen) atoms. The van der Waals surface area contributed by atoms with Crippen LogP contribution in [0.4, 0.5) is 13.2 Å². The molecule has 3 aromatic carbocycles. The third kappa shape index (κ3) is 2.24. The van der Waals surface area contributed by atoms with Gasteiger partial charge < -0.3 is 4.74 Å². The number of rotatable bonds is 0. The number of halogens is 3. The Morgan fingerprint density at radius 1 is 1.04 bits per heavy atom. The molecule has 3 nitrogen and oxygen atoms in total. The van der Waals surface area contributed by atoms with Gasteiger partial charge in [0.25, 0.3) is 11.6 Å². The summed E-state index contributed by atoms with van der Waals surface area (Å²) in [7, 11) is 1.83. The first kappa shape index (κ1) is 17.0. The van der Waals surface area contributed by atoms with Gasteiger partial charge in [0, 0.05) is 11.5 Å². The lowest BCUT2D eigenvalue weighted by atomic mass is 9.91. The van der Waals surface area contributed by atoms with E-state index >= 15 is 0 Å². The van der Waals surface area contributed by atoms with Crippen molar-refractivity contribution in [2.75, 3.05) is 0 Å². The predicted molar refractivity (Wildman–Crippen MR) is 100 cm³/mol. The summed E-state index contributed by atoms with van der Waals surface area (Å²) in [6, 6.07) is 11.5. The first-order valence-electron chi connectivity index (χ1n) is 8.88. The number of nitrogens with zero attached hydrogens (tertiary/aromatic N) is 2. The van der Waals surface area contributed by atoms with Crippen molar-refractivity contribution >= 4 is 21.8 Å². The molecule has 0 bridgehead atoms. The second kappa shape index (κ2) is 5.44. The number of fused-ring (bicyclic) bond motifs is 3. The highest BCUT2D eigenvalue weighted by molar-refractivity contribution is 6.04. The number of alkyl halides is 3. The van der Waals surface area contributed by atoms with Crippen molar-refractivity contribution in [3.63, 3.8) is 0 Å². The summed E-state index contributed by atoms with van der Waals surface area (Å²) in [5, 5.41) is 2.07. The van der Waals surface area contributed by atoms with Gasteiger partial charge in [0.1, 0.15) is 18.3 Å². The fraction of sp³-hybridized carbons (Fsp3) is 0.182. The van der Waals surface area contributed by atoms with Crippen LogP contribution in [0.5, 0.6) is 11.6 Å². The molecule has 0 unspecified atom stereocenters. The molecule has 0 radical (unpaired) electrons. The van der Waals surface area contributed by atoms with Gasteiger partial charge >= 0.3 is 6.18 Å². The third-order valence-electron chi connectivity index (χ3n) is 5.51. The summed E-state index contributed by atoms with van der Waals surface area (Å²) in [6.07, 6.45) is -4.42. The van der Waals surface area contributed by atoms with Crippen molar-refractivity contribution in [1.82, 2.24) is 4.98 Å². The van der Waals surface area contributed by atoms with Gasteiger partial charge in [-0.25, -0.2) is 4.98 Å². The standard InChI is InChI=1S/C22H16F3N2O/c1-11-9-13-5-4-6-17-19(13)18(12(11)2)20-21(28-17)26-15-10-14(22(23,24)25)7-8-16(15)27(20)3/h4-10H,1-3H3/q+1. The lowest BCUT2D eigenvalue weighted by molar-refractivity contribution is -0.634. The van der Waals surface area contributed by atoms with Crippen LogP contribution >= 0.6 is 0 Å². The van der Waals surface area contributed by atoms with E-state index in [0.29, 0.717) is 17.1 Å². The molecule has 0 amide bonds. The average Bonchev–Trinajstić information content (AvgIpc) is 2.64. The Balaban J connectivity index is 1.91. The Bertz CT molecular complexity index is 1310. The highest BCUT2D eigenvalue weighted by atomic mass is 19.4. The number of ether oxygens (including phenoxy) is 1. The normalized spacial score (nSPS) is 12.9. The Morgan fingerprint density at radius 3 is 2.57 bits per heavy atom. The van der Waals surface area contributed by atoms with Crippen LogP contribution in [-0.4, -0.2) is 4.98 Å². The van der Waals surface area contributed by atoms with Crippen LogP contribution in [0.3, 0.4) is 0 Å². The SMILES string of the molecule is Cc1cc2cccc3c2c(c1C)-c1c(nc2cc(C(F)(F)F)ccc2[n+]1C)O3. The average molecular weight is 381 g/mol. The largest absolute Gasteiger partial charge is 0.433 e. The molecule has 0 saturated carbocycles. The van der Waals surface area contributed by atoms with Gasteiger partial charge in [-0.1, -0.05) is 18.2 Å². The summed E-state index contributed by atoms with van der Waals surface area (Å²) in [5.74, 6) is 0.991. The van der Waals surface area contributed by atoms with Crippen molar-refractivity contribution < 1.29 is 22.5 Å². The van der Waals surface area contributed by atoms with Crippen molar-refractivity contribution in [3.05, 3.63) is 59.2 Å². The molecule has 0 saturated heterocycles. The monoisotopic (exact) mass is 381 g/mol. The summed E-state index contributed by atoms with van der Waals surface area (Å²) < 4.78 is 47.3. The maximum atomic E-state index is 13.1. The molecule has 1 aromatic heterocycles. The van der Waals surface area contributed by atoms with Gasteiger partial charge in [0.2, 0.25) is 5.52 Å². The molecule has 1 aliphatic rings. The number of hydrogen-bond acceptors (Lipinski definition) is 2. The molecule has 0 fully saturated rings. The van der Waals surface area contributed by atoms with Crippen LogP contribution in [0, 0.1) is 13.8 Å². The molecular weight excluding hydrogens is 365 g/mol. The molecule has 140 valence electrons. The highest BCUT2D eigenvalue weighted by Crippen LogP contribution is 2.46. The fourth-order valence-electron chi connectivity index (χ4n) is 3.99. The second-order valence-electron chi connectivity index (χ2n) is 7.18. The van der Waals surface area contributed by atoms with Gasteiger partial charge in [-0.15, -0.1) is 0 Å². The van der Waals surface area contributed by atoms with Crippen LogP contribution in [-0.2, 0) is 13.2 Å². The van der Waals surface area contributed by atoms with E-state index in [0.717, 1.165) is 45.3 Å². The van der Waals surface area contributed by atoms with Crippen LogP contribution in [0.1, 0.15) is 16.7 Å². The lowest BCUT2D eigenvalue weighted by Crippen LogP contribution is -2.34. The maximum absolute atomic E-state index is 13.1. The molecule has 0 spiro atoms. The molecule has 4 aromatic rings. The number of hydrogen-bond donors (Lipinski definition) is 0. The van der Waals surface area contributed by atoms with Crippen molar-refractivity contribution in [2.24, 2.45) is 7.05 Å². The number of aromatic nitrogens is 2. The molecule has 0 N–H and O–H groups in total. The molecule has 6 heteroatoms. The molecule has 1 aliphatic heterocycles. The van der Waals surface area contributed by atoms with Gasteiger partial charge in [-0.2, -0.15) is 17.7 Å². The van der Waals surface area contributed by atoms with E-state index in [1.807, 2.05) is 36.7 Å². The van der Waals surface area contributed by atoms with E-state index in [-0.39, 0.29) is 5.52 Å². The number of benzene rings is 3. The summed E-state index contributed by atoms with van der Waals surface area (Å²) >= 11 is 0. The van der Waals surface area contributed by atoms with E-state index in [1.165, 1.54) is 6.07 Å². The molecule has 0 atom stereocenters. The molecule has 2 heterocycles.